The highest BCUT2D eigenvalue weighted by Gasteiger charge is 2.14. The molecule has 1 unspecified atom stereocenters. The Kier molecular flexibility index (Phi) is 4.73. The Hall–Kier alpha value is -2.16. The molecule has 2 aromatic rings. The zero-order valence-corrected chi connectivity index (χ0v) is 12.6. The molecular formula is C18H20FNO. The molecule has 110 valence electrons. The van der Waals surface area contributed by atoms with E-state index in [0.717, 1.165) is 12.0 Å². The third kappa shape index (κ3) is 3.91. The Bertz CT molecular complexity index is 651. The van der Waals surface area contributed by atoms with E-state index in [2.05, 4.69) is 5.32 Å². The van der Waals surface area contributed by atoms with E-state index in [0.29, 0.717) is 0 Å². The molecule has 2 nitrogen and oxygen atoms in total. The number of rotatable bonds is 4. The highest BCUT2D eigenvalue weighted by molar-refractivity contribution is 5.94. The molecule has 0 aromatic heterocycles. The molecule has 2 aromatic carbocycles. The van der Waals surface area contributed by atoms with Gasteiger partial charge in [0.25, 0.3) is 5.91 Å². The second-order valence-corrected chi connectivity index (χ2v) is 5.49. The molecule has 1 N–H and O–H groups in total. The summed E-state index contributed by atoms with van der Waals surface area (Å²) in [6.45, 7) is 5.77. The molecule has 0 spiro atoms. The summed E-state index contributed by atoms with van der Waals surface area (Å²) in [6, 6.07) is 12.7. The predicted octanol–water partition coefficient (Wildman–Crippen LogP) is 3.80. The number of carbonyl (C=O) groups is 1. The summed E-state index contributed by atoms with van der Waals surface area (Å²) in [5.74, 6) is -0.843. The van der Waals surface area contributed by atoms with Crippen molar-refractivity contribution >= 4 is 5.91 Å². The molecule has 0 aliphatic heterocycles. The van der Waals surface area contributed by atoms with Crippen molar-refractivity contribution < 1.29 is 9.18 Å². The number of hydrogen-bond donors (Lipinski definition) is 1. The molecule has 21 heavy (non-hydrogen) atoms. The molecule has 1 amide bonds. The lowest BCUT2D eigenvalue weighted by atomic mass is 10.0. The molecule has 1 atom stereocenters. The van der Waals surface area contributed by atoms with E-state index in [1.807, 2.05) is 38.1 Å². The van der Waals surface area contributed by atoms with E-state index in [1.165, 1.54) is 23.3 Å². The van der Waals surface area contributed by atoms with Gasteiger partial charge in [0.1, 0.15) is 5.82 Å². The summed E-state index contributed by atoms with van der Waals surface area (Å²) in [6.07, 6.45) is 0.728. The number of aryl methyl sites for hydroxylation is 2. The van der Waals surface area contributed by atoms with Crippen LogP contribution >= 0.6 is 0 Å². The Morgan fingerprint density at radius 2 is 1.90 bits per heavy atom. The van der Waals surface area contributed by atoms with Gasteiger partial charge in [-0.25, -0.2) is 4.39 Å². The van der Waals surface area contributed by atoms with Crippen LogP contribution in [0.5, 0.6) is 0 Å². The van der Waals surface area contributed by atoms with Crippen LogP contribution in [0.3, 0.4) is 0 Å². The van der Waals surface area contributed by atoms with Crippen LogP contribution in [-0.2, 0) is 6.42 Å². The normalized spacial score (nSPS) is 12.0. The van der Waals surface area contributed by atoms with Crippen LogP contribution in [0.1, 0.15) is 34.0 Å². The summed E-state index contributed by atoms with van der Waals surface area (Å²) in [5, 5.41) is 2.85. The van der Waals surface area contributed by atoms with Crippen molar-refractivity contribution in [2.45, 2.75) is 33.2 Å². The Morgan fingerprint density at radius 1 is 1.19 bits per heavy atom. The van der Waals surface area contributed by atoms with Gasteiger partial charge in [0, 0.05) is 6.04 Å². The summed E-state index contributed by atoms with van der Waals surface area (Å²) >= 11 is 0. The molecule has 0 bridgehead atoms. The van der Waals surface area contributed by atoms with Crippen LogP contribution < -0.4 is 5.32 Å². The quantitative estimate of drug-likeness (QED) is 0.909. The maximum absolute atomic E-state index is 13.8. The van der Waals surface area contributed by atoms with Gasteiger partial charge in [0.15, 0.2) is 0 Å². The minimum atomic E-state index is -0.476. The maximum Gasteiger partial charge on any atom is 0.254 e. The van der Waals surface area contributed by atoms with Gasteiger partial charge in [-0.05, 0) is 56.0 Å². The highest BCUT2D eigenvalue weighted by atomic mass is 19.1. The molecule has 3 heteroatoms. The molecule has 0 heterocycles. The van der Waals surface area contributed by atoms with E-state index in [9.17, 15) is 9.18 Å². The number of hydrogen-bond acceptors (Lipinski definition) is 1. The van der Waals surface area contributed by atoms with Crippen molar-refractivity contribution in [3.8, 4) is 0 Å². The monoisotopic (exact) mass is 285 g/mol. The molecule has 0 saturated heterocycles. The fourth-order valence-electron chi connectivity index (χ4n) is 2.33. The SMILES string of the molecule is Cc1ccc(C(=O)NC(C)Cc2ccccc2C)c(F)c1. The number of carbonyl (C=O) groups excluding carboxylic acids is 1. The number of benzene rings is 2. The lowest BCUT2D eigenvalue weighted by molar-refractivity contribution is 0.0936. The van der Waals surface area contributed by atoms with Gasteiger partial charge in [0.05, 0.1) is 5.56 Å². The first-order chi connectivity index (χ1) is 9.97. The van der Waals surface area contributed by atoms with E-state index in [-0.39, 0.29) is 17.5 Å². The standard InChI is InChI=1S/C18H20FNO/c1-12-8-9-16(17(19)10-12)18(21)20-14(3)11-15-7-5-4-6-13(15)2/h4-10,14H,11H2,1-3H3,(H,20,21). The first-order valence-corrected chi connectivity index (χ1v) is 7.09. The average Bonchev–Trinajstić information content (AvgIpc) is 2.41. The van der Waals surface area contributed by atoms with Gasteiger partial charge in [0.2, 0.25) is 0 Å². The van der Waals surface area contributed by atoms with Gasteiger partial charge >= 0.3 is 0 Å². The van der Waals surface area contributed by atoms with E-state index < -0.39 is 5.82 Å². The summed E-state index contributed by atoms with van der Waals surface area (Å²) < 4.78 is 13.8. The van der Waals surface area contributed by atoms with Crippen LogP contribution in [0.15, 0.2) is 42.5 Å². The first kappa shape index (κ1) is 15.2. The van der Waals surface area contributed by atoms with Gasteiger partial charge in [-0.2, -0.15) is 0 Å². The van der Waals surface area contributed by atoms with Crippen molar-refractivity contribution in [3.63, 3.8) is 0 Å². The average molecular weight is 285 g/mol. The molecular weight excluding hydrogens is 265 g/mol. The van der Waals surface area contributed by atoms with Crippen molar-refractivity contribution in [2.24, 2.45) is 0 Å². The fraction of sp³-hybridized carbons (Fsp3) is 0.278. The largest absolute Gasteiger partial charge is 0.349 e. The van der Waals surface area contributed by atoms with Crippen LogP contribution in [0.25, 0.3) is 0 Å². The second kappa shape index (κ2) is 6.53. The highest BCUT2D eigenvalue weighted by Crippen LogP contribution is 2.12. The van der Waals surface area contributed by atoms with Crippen molar-refractivity contribution in [2.75, 3.05) is 0 Å². The van der Waals surface area contributed by atoms with Gasteiger partial charge in [-0.3, -0.25) is 4.79 Å². The summed E-state index contributed by atoms with van der Waals surface area (Å²) in [5.41, 5.74) is 3.28. The maximum atomic E-state index is 13.8. The van der Waals surface area contributed by atoms with Gasteiger partial charge < -0.3 is 5.32 Å². The van der Waals surface area contributed by atoms with E-state index >= 15 is 0 Å². The molecule has 0 aliphatic rings. The second-order valence-electron chi connectivity index (χ2n) is 5.49. The summed E-state index contributed by atoms with van der Waals surface area (Å²) in [7, 11) is 0. The molecule has 0 fully saturated rings. The Balaban J connectivity index is 2.04. The lowest BCUT2D eigenvalue weighted by Crippen LogP contribution is -2.34. The third-order valence-corrected chi connectivity index (χ3v) is 3.53. The van der Waals surface area contributed by atoms with Crippen molar-refractivity contribution in [1.29, 1.82) is 0 Å². The zero-order chi connectivity index (χ0) is 15.4. The van der Waals surface area contributed by atoms with E-state index in [1.54, 1.807) is 13.0 Å². The lowest BCUT2D eigenvalue weighted by Gasteiger charge is -2.15. The molecule has 2 rings (SSSR count). The van der Waals surface area contributed by atoms with Crippen LogP contribution in [-0.4, -0.2) is 11.9 Å². The minimum absolute atomic E-state index is 0.0562. The van der Waals surface area contributed by atoms with E-state index in [4.69, 9.17) is 0 Å². The van der Waals surface area contributed by atoms with Crippen molar-refractivity contribution in [3.05, 3.63) is 70.5 Å². The number of halogens is 1. The third-order valence-electron chi connectivity index (χ3n) is 3.53. The molecule has 0 radical (unpaired) electrons. The predicted molar refractivity (Wildman–Crippen MR) is 82.9 cm³/mol. The number of nitrogens with one attached hydrogen (secondary N) is 1. The van der Waals surface area contributed by atoms with Crippen LogP contribution in [0, 0.1) is 19.7 Å². The van der Waals surface area contributed by atoms with Crippen LogP contribution in [0.4, 0.5) is 4.39 Å². The fourth-order valence-corrected chi connectivity index (χ4v) is 2.33. The molecule has 0 aliphatic carbocycles. The number of amides is 1. The molecule has 0 saturated carbocycles. The Labute approximate surface area is 125 Å². The Morgan fingerprint density at radius 3 is 2.57 bits per heavy atom. The first-order valence-electron chi connectivity index (χ1n) is 7.09. The smallest absolute Gasteiger partial charge is 0.254 e. The van der Waals surface area contributed by atoms with Crippen LogP contribution in [0.2, 0.25) is 0 Å². The minimum Gasteiger partial charge on any atom is -0.349 e. The van der Waals surface area contributed by atoms with Gasteiger partial charge in [-0.15, -0.1) is 0 Å². The topological polar surface area (TPSA) is 29.1 Å². The zero-order valence-electron chi connectivity index (χ0n) is 12.6. The van der Waals surface area contributed by atoms with Crippen molar-refractivity contribution in [1.82, 2.24) is 5.32 Å². The van der Waals surface area contributed by atoms with Gasteiger partial charge in [-0.1, -0.05) is 30.3 Å². The summed E-state index contributed by atoms with van der Waals surface area (Å²) in [4.78, 5) is 12.1.